The standard InChI is InChI=1S/C11H5BrClF3S/c12-10-2-1-9(17-10)11(13)5-3-7(15)8(16)4-6(5)14/h1-4,11H. The summed E-state index contributed by atoms with van der Waals surface area (Å²) >= 11 is 10.6. The van der Waals surface area contributed by atoms with Crippen molar-refractivity contribution in [3.8, 4) is 0 Å². The fraction of sp³-hybridized carbons (Fsp3) is 0.0909. The molecule has 1 aromatic carbocycles. The average molecular weight is 342 g/mol. The molecule has 0 spiro atoms. The van der Waals surface area contributed by atoms with E-state index in [-0.39, 0.29) is 5.56 Å². The number of hydrogen-bond donors (Lipinski definition) is 0. The molecule has 0 amide bonds. The summed E-state index contributed by atoms with van der Waals surface area (Å²) in [5.74, 6) is -3.18. The fourth-order valence-electron chi connectivity index (χ4n) is 1.35. The lowest BCUT2D eigenvalue weighted by Crippen LogP contribution is -1.98. The van der Waals surface area contributed by atoms with Gasteiger partial charge >= 0.3 is 0 Å². The van der Waals surface area contributed by atoms with Gasteiger partial charge in [0.1, 0.15) is 5.82 Å². The summed E-state index contributed by atoms with van der Waals surface area (Å²) in [4.78, 5) is 0.656. The molecule has 1 heterocycles. The second-order valence-corrected chi connectivity index (χ2v) is 6.22. The zero-order valence-electron chi connectivity index (χ0n) is 8.18. The van der Waals surface area contributed by atoms with Crippen LogP contribution in [0.5, 0.6) is 0 Å². The van der Waals surface area contributed by atoms with Gasteiger partial charge in [-0.2, -0.15) is 0 Å². The Kier molecular flexibility index (Phi) is 3.80. The van der Waals surface area contributed by atoms with Gasteiger partial charge in [-0.25, -0.2) is 13.2 Å². The molecule has 90 valence electrons. The van der Waals surface area contributed by atoms with Crippen LogP contribution in [-0.4, -0.2) is 0 Å². The quantitative estimate of drug-likeness (QED) is 0.516. The van der Waals surface area contributed by atoms with Gasteiger partial charge in [-0.1, -0.05) is 0 Å². The van der Waals surface area contributed by atoms with Crippen molar-refractivity contribution in [2.45, 2.75) is 5.38 Å². The minimum atomic E-state index is -1.22. The largest absolute Gasteiger partial charge is 0.207 e. The smallest absolute Gasteiger partial charge is 0.161 e. The number of halogens is 5. The molecule has 1 atom stereocenters. The summed E-state index contributed by atoms with van der Waals surface area (Å²) in [7, 11) is 0. The molecule has 0 saturated heterocycles. The van der Waals surface area contributed by atoms with Crippen LogP contribution < -0.4 is 0 Å². The van der Waals surface area contributed by atoms with Crippen LogP contribution in [0.1, 0.15) is 15.8 Å². The van der Waals surface area contributed by atoms with Crippen LogP contribution in [0.2, 0.25) is 0 Å². The van der Waals surface area contributed by atoms with Crippen LogP contribution in [0.3, 0.4) is 0 Å². The normalized spacial score (nSPS) is 12.8. The number of rotatable bonds is 2. The van der Waals surface area contributed by atoms with E-state index in [2.05, 4.69) is 15.9 Å². The molecule has 2 rings (SSSR count). The third kappa shape index (κ3) is 2.67. The van der Waals surface area contributed by atoms with Crippen molar-refractivity contribution >= 4 is 38.9 Å². The second-order valence-electron chi connectivity index (χ2n) is 3.29. The first kappa shape index (κ1) is 12.9. The third-order valence-electron chi connectivity index (χ3n) is 2.16. The predicted molar refractivity (Wildman–Crippen MR) is 66.0 cm³/mol. The van der Waals surface area contributed by atoms with E-state index in [9.17, 15) is 13.2 Å². The monoisotopic (exact) mass is 340 g/mol. The maximum Gasteiger partial charge on any atom is 0.161 e. The highest BCUT2D eigenvalue weighted by Crippen LogP contribution is 2.37. The molecule has 0 bridgehead atoms. The van der Waals surface area contributed by atoms with Crippen LogP contribution in [0.25, 0.3) is 0 Å². The lowest BCUT2D eigenvalue weighted by Gasteiger charge is -2.09. The Hall–Kier alpha value is -0.520. The molecular formula is C11H5BrClF3S. The molecule has 0 aliphatic carbocycles. The second kappa shape index (κ2) is 5.00. The Labute approximate surface area is 113 Å². The summed E-state index contributed by atoms with van der Waals surface area (Å²) in [5.41, 5.74) is -0.0695. The molecule has 0 aliphatic rings. The van der Waals surface area contributed by atoms with Gasteiger partial charge in [0.25, 0.3) is 0 Å². The van der Waals surface area contributed by atoms with Gasteiger partial charge in [-0.05, 0) is 34.1 Å². The minimum Gasteiger partial charge on any atom is -0.207 e. The van der Waals surface area contributed by atoms with Crippen molar-refractivity contribution in [2.75, 3.05) is 0 Å². The van der Waals surface area contributed by atoms with E-state index < -0.39 is 22.8 Å². The first-order chi connectivity index (χ1) is 7.99. The van der Waals surface area contributed by atoms with Gasteiger partial charge in [-0.3, -0.25) is 0 Å². The highest BCUT2D eigenvalue weighted by Gasteiger charge is 2.19. The summed E-state index contributed by atoms with van der Waals surface area (Å²) in [5, 5.41) is -0.832. The SMILES string of the molecule is Fc1cc(F)c(C(Cl)c2ccc(Br)s2)cc1F. The Balaban J connectivity index is 2.43. The van der Waals surface area contributed by atoms with Gasteiger partial charge in [0.05, 0.1) is 9.16 Å². The maximum absolute atomic E-state index is 13.5. The molecule has 0 nitrogen and oxygen atoms in total. The topological polar surface area (TPSA) is 0 Å². The molecule has 1 aromatic heterocycles. The highest BCUT2D eigenvalue weighted by atomic mass is 79.9. The summed E-state index contributed by atoms with van der Waals surface area (Å²) in [6.07, 6.45) is 0. The van der Waals surface area contributed by atoms with E-state index in [1.165, 1.54) is 11.3 Å². The molecule has 0 fully saturated rings. The van der Waals surface area contributed by atoms with Crippen LogP contribution in [0.15, 0.2) is 28.1 Å². The van der Waals surface area contributed by atoms with Crippen LogP contribution in [0, 0.1) is 17.5 Å². The molecule has 0 saturated carbocycles. The summed E-state index contributed by atoms with van der Waals surface area (Å²) < 4.78 is 40.1. The average Bonchev–Trinajstić information content (AvgIpc) is 2.69. The van der Waals surface area contributed by atoms with Crippen LogP contribution in [-0.2, 0) is 0 Å². The Morgan fingerprint density at radius 3 is 2.29 bits per heavy atom. The molecule has 0 radical (unpaired) electrons. The molecule has 0 aliphatic heterocycles. The Morgan fingerprint density at radius 2 is 1.71 bits per heavy atom. The van der Waals surface area contributed by atoms with Crippen molar-refractivity contribution in [3.63, 3.8) is 0 Å². The molecular weight excluding hydrogens is 337 g/mol. The molecule has 2 aromatic rings. The fourth-order valence-corrected chi connectivity index (χ4v) is 3.14. The van der Waals surface area contributed by atoms with Gasteiger partial charge in [-0.15, -0.1) is 22.9 Å². The zero-order valence-corrected chi connectivity index (χ0v) is 11.3. The van der Waals surface area contributed by atoms with Gasteiger partial charge in [0, 0.05) is 16.5 Å². The predicted octanol–water partition coefficient (Wildman–Crippen LogP) is 5.26. The van der Waals surface area contributed by atoms with E-state index in [4.69, 9.17) is 11.6 Å². The lowest BCUT2D eigenvalue weighted by atomic mass is 10.1. The van der Waals surface area contributed by atoms with E-state index in [0.717, 1.165) is 9.85 Å². The third-order valence-corrected chi connectivity index (χ3v) is 4.44. The summed E-state index contributed by atoms with van der Waals surface area (Å²) in [6, 6.07) is 4.75. The highest BCUT2D eigenvalue weighted by molar-refractivity contribution is 9.11. The number of hydrogen-bond acceptors (Lipinski definition) is 1. The van der Waals surface area contributed by atoms with Crippen molar-refractivity contribution in [1.29, 1.82) is 0 Å². The van der Waals surface area contributed by atoms with E-state index in [1.54, 1.807) is 12.1 Å². The van der Waals surface area contributed by atoms with Gasteiger partial charge < -0.3 is 0 Å². The van der Waals surface area contributed by atoms with Crippen molar-refractivity contribution in [2.24, 2.45) is 0 Å². The first-order valence-corrected chi connectivity index (χ1v) is 6.57. The molecule has 6 heteroatoms. The lowest BCUT2D eigenvalue weighted by molar-refractivity contribution is 0.490. The number of benzene rings is 1. The van der Waals surface area contributed by atoms with Crippen LogP contribution in [0.4, 0.5) is 13.2 Å². The number of alkyl halides is 1. The van der Waals surface area contributed by atoms with Gasteiger partial charge in [0.2, 0.25) is 0 Å². The molecule has 0 N–H and O–H groups in total. The summed E-state index contributed by atoms with van der Waals surface area (Å²) in [6.45, 7) is 0. The Morgan fingerprint density at radius 1 is 1.06 bits per heavy atom. The molecule has 1 unspecified atom stereocenters. The van der Waals surface area contributed by atoms with E-state index in [0.29, 0.717) is 10.9 Å². The maximum atomic E-state index is 13.5. The Bertz CT molecular complexity index is 556. The van der Waals surface area contributed by atoms with Crippen molar-refractivity contribution < 1.29 is 13.2 Å². The van der Waals surface area contributed by atoms with Gasteiger partial charge in [0.15, 0.2) is 11.6 Å². The number of thiophene rings is 1. The first-order valence-electron chi connectivity index (χ1n) is 4.53. The van der Waals surface area contributed by atoms with Crippen molar-refractivity contribution in [1.82, 2.24) is 0 Å². The van der Waals surface area contributed by atoms with E-state index in [1.807, 2.05) is 0 Å². The zero-order chi connectivity index (χ0) is 12.6. The van der Waals surface area contributed by atoms with E-state index >= 15 is 0 Å². The molecule has 17 heavy (non-hydrogen) atoms. The minimum absolute atomic E-state index is 0.0695. The van der Waals surface area contributed by atoms with Crippen LogP contribution >= 0.6 is 38.9 Å². The van der Waals surface area contributed by atoms with Crippen molar-refractivity contribution in [3.05, 3.63) is 55.9 Å².